The Morgan fingerprint density at radius 2 is 1.95 bits per heavy atom. The van der Waals surface area contributed by atoms with Crippen molar-refractivity contribution < 1.29 is 9.28 Å². The van der Waals surface area contributed by atoms with Gasteiger partial charge in [0.2, 0.25) is 5.91 Å². The molecular weight excluding hydrogens is 250 g/mol. The zero-order chi connectivity index (χ0) is 14.6. The summed E-state index contributed by atoms with van der Waals surface area (Å²) >= 11 is 0. The van der Waals surface area contributed by atoms with Gasteiger partial charge in [-0.3, -0.25) is 4.79 Å². The molecule has 1 saturated heterocycles. The van der Waals surface area contributed by atoms with E-state index in [0.717, 1.165) is 36.8 Å². The molecule has 1 amide bonds. The Hall–Kier alpha value is -0.610. The maximum Gasteiger partial charge on any atom is 0.237 e. The van der Waals surface area contributed by atoms with Gasteiger partial charge in [-0.05, 0) is 39.2 Å². The monoisotopic (exact) mass is 282 g/mol. The molecular formula is C16H32N3O+. The summed E-state index contributed by atoms with van der Waals surface area (Å²) < 4.78 is 1.05. The molecule has 0 radical (unpaired) electrons. The number of rotatable bonds is 5. The van der Waals surface area contributed by atoms with E-state index in [-0.39, 0.29) is 11.9 Å². The zero-order valence-electron chi connectivity index (χ0n) is 13.5. The van der Waals surface area contributed by atoms with Crippen LogP contribution in [0, 0.1) is 5.92 Å². The number of carbonyl (C=O) groups excluding carboxylic acids is 1. The molecule has 0 aromatic heterocycles. The number of nitrogens with one attached hydrogen (secondary N) is 2. The van der Waals surface area contributed by atoms with Crippen LogP contribution in [0.2, 0.25) is 0 Å². The summed E-state index contributed by atoms with van der Waals surface area (Å²) in [6, 6.07) is 0.453. The standard InChI is InChI=1S/C16H31N3O/c1-4-19(2,3)12-13-8-5-6-9-14(13)18-16(20)15-10-7-11-17-15/h13-15,17H,4-12H2,1-3H3/p+1/t13-,14-,15+/m1/s1. The number of amides is 1. The van der Waals surface area contributed by atoms with Gasteiger partial charge in [0, 0.05) is 12.0 Å². The van der Waals surface area contributed by atoms with E-state index >= 15 is 0 Å². The van der Waals surface area contributed by atoms with Gasteiger partial charge in [0.05, 0.1) is 33.2 Å². The third-order valence-electron chi connectivity index (χ3n) is 5.20. The molecule has 1 aliphatic heterocycles. The van der Waals surface area contributed by atoms with E-state index in [1.54, 1.807) is 0 Å². The highest BCUT2D eigenvalue weighted by atomic mass is 16.2. The third kappa shape index (κ3) is 4.19. The van der Waals surface area contributed by atoms with Crippen LogP contribution in [-0.2, 0) is 4.79 Å². The van der Waals surface area contributed by atoms with Gasteiger partial charge >= 0.3 is 0 Å². The Labute approximate surface area is 123 Å². The van der Waals surface area contributed by atoms with Crippen molar-refractivity contribution in [1.29, 1.82) is 0 Å². The number of nitrogens with zero attached hydrogens (tertiary/aromatic N) is 1. The normalized spacial score (nSPS) is 31.2. The molecule has 4 heteroatoms. The van der Waals surface area contributed by atoms with E-state index in [9.17, 15) is 4.79 Å². The molecule has 2 rings (SSSR count). The number of hydrogen-bond donors (Lipinski definition) is 2. The molecule has 2 fully saturated rings. The summed E-state index contributed by atoms with van der Waals surface area (Å²) in [5.74, 6) is 0.880. The molecule has 0 spiro atoms. The minimum absolute atomic E-state index is 0.0613. The Morgan fingerprint density at radius 3 is 2.60 bits per heavy atom. The van der Waals surface area contributed by atoms with E-state index in [0.29, 0.717) is 12.0 Å². The topological polar surface area (TPSA) is 41.1 Å². The fourth-order valence-corrected chi connectivity index (χ4v) is 3.57. The van der Waals surface area contributed by atoms with Crippen molar-refractivity contribution >= 4 is 5.91 Å². The first-order valence-electron chi connectivity index (χ1n) is 8.37. The van der Waals surface area contributed by atoms with Crippen molar-refractivity contribution in [2.24, 2.45) is 5.92 Å². The largest absolute Gasteiger partial charge is 0.352 e. The second-order valence-corrected chi connectivity index (χ2v) is 7.24. The van der Waals surface area contributed by atoms with Crippen LogP contribution in [0.4, 0.5) is 0 Å². The zero-order valence-corrected chi connectivity index (χ0v) is 13.5. The maximum absolute atomic E-state index is 12.3. The van der Waals surface area contributed by atoms with E-state index in [1.165, 1.54) is 25.8 Å². The highest BCUT2D eigenvalue weighted by Crippen LogP contribution is 2.26. The van der Waals surface area contributed by atoms with Crippen LogP contribution in [0.25, 0.3) is 0 Å². The number of hydrogen-bond acceptors (Lipinski definition) is 2. The quantitative estimate of drug-likeness (QED) is 0.751. The molecule has 116 valence electrons. The second kappa shape index (κ2) is 6.90. The fraction of sp³-hybridized carbons (Fsp3) is 0.938. The van der Waals surface area contributed by atoms with Gasteiger partial charge in [-0.15, -0.1) is 0 Å². The fourth-order valence-electron chi connectivity index (χ4n) is 3.57. The Balaban J connectivity index is 1.90. The molecule has 2 aliphatic rings. The maximum atomic E-state index is 12.3. The SMILES string of the molecule is CC[N+](C)(C)C[C@H]1CCCC[C@H]1NC(=O)[C@@H]1CCCN1. The molecule has 3 atom stereocenters. The first-order valence-corrected chi connectivity index (χ1v) is 8.37. The van der Waals surface area contributed by atoms with Gasteiger partial charge in [0.1, 0.15) is 0 Å². The minimum Gasteiger partial charge on any atom is -0.352 e. The Morgan fingerprint density at radius 1 is 1.20 bits per heavy atom. The van der Waals surface area contributed by atoms with Gasteiger partial charge < -0.3 is 15.1 Å². The highest BCUT2D eigenvalue weighted by molar-refractivity contribution is 5.82. The van der Waals surface area contributed by atoms with Crippen molar-refractivity contribution in [1.82, 2.24) is 10.6 Å². The van der Waals surface area contributed by atoms with Crippen molar-refractivity contribution in [3.05, 3.63) is 0 Å². The summed E-state index contributed by atoms with van der Waals surface area (Å²) in [4.78, 5) is 12.3. The van der Waals surface area contributed by atoms with Gasteiger partial charge in [-0.25, -0.2) is 0 Å². The first kappa shape index (κ1) is 15.8. The molecule has 1 saturated carbocycles. The van der Waals surface area contributed by atoms with Gasteiger partial charge in [-0.1, -0.05) is 12.8 Å². The summed E-state index contributed by atoms with van der Waals surface area (Å²) in [5, 5.41) is 6.65. The van der Waals surface area contributed by atoms with Crippen molar-refractivity contribution in [3.8, 4) is 0 Å². The molecule has 20 heavy (non-hydrogen) atoms. The average molecular weight is 282 g/mol. The lowest BCUT2D eigenvalue weighted by molar-refractivity contribution is -0.892. The van der Waals surface area contributed by atoms with Crippen molar-refractivity contribution in [2.45, 2.75) is 57.5 Å². The van der Waals surface area contributed by atoms with E-state index in [1.807, 2.05) is 0 Å². The second-order valence-electron chi connectivity index (χ2n) is 7.24. The van der Waals surface area contributed by atoms with Gasteiger partial charge in [0.25, 0.3) is 0 Å². The lowest BCUT2D eigenvalue weighted by Crippen LogP contribution is -2.53. The van der Waals surface area contributed by atoms with E-state index in [2.05, 4.69) is 31.7 Å². The van der Waals surface area contributed by atoms with Crippen LogP contribution in [0.3, 0.4) is 0 Å². The molecule has 2 N–H and O–H groups in total. The summed E-state index contributed by atoms with van der Waals surface area (Å²) in [6.45, 7) is 5.58. The van der Waals surface area contributed by atoms with E-state index in [4.69, 9.17) is 0 Å². The van der Waals surface area contributed by atoms with Crippen LogP contribution in [-0.4, -0.2) is 56.2 Å². The summed E-state index contributed by atoms with van der Waals surface area (Å²) in [6.07, 6.45) is 7.14. The van der Waals surface area contributed by atoms with Crippen molar-refractivity contribution in [3.63, 3.8) is 0 Å². The first-order chi connectivity index (χ1) is 9.52. The minimum atomic E-state index is 0.0613. The summed E-state index contributed by atoms with van der Waals surface area (Å²) in [5.41, 5.74) is 0. The molecule has 1 heterocycles. The average Bonchev–Trinajstić information content (AvgIpc) is 2.95. The van der Waals surface area contributed by atoms with Crippen LogP contribution >= 0.6 is 0 Å². The van der Waals surface area contributed by atoms with Crippen molar-refractivity contribution in [2.75, 3.05) is 33.7 Å². The van der Waals surface area contributed by atoms with Crippen LogP contribution in [0.15, 0.2) is 0 Å². The molecule has 0 bridgehead atoms. The lowest BCUT2D eigenvalue weighted by atomic mass is 9.83. The lowest BCUT2D eigenvalue weighted by Gasteiger charge is -2.38. The molecule has 0 aromatic carbocycles. The number of quaternary nitrogens is 1. The smallest absolute Gasteiger partial charge is 0.237 e. The Kier molecular flexibility index (Phi) is 5.44. The van der Waals surface area contributed by atoms with Gasteiger partial charge in [-0.2, -0.15) is 0 Å². The summed E-state index contributed by atoms with van der Waals surface area (Å²) in [7, 11) is 4.60. The predicted molar refractivity (Wildman–Crippen MR) is 82.4 cm³/mol. The molecule has 0 unspecified atom stereocenters. The van der Waals surface area contributed by atoms with E-state index < -0.39 is 0 Å². The van der Waals surface area contributed by atoms with Crippen LogP contribution in [0.1, 0.15) is 45.4 Å². The molecule has 4 nitrogen and oxygen atoms in total. The predicted octanol–water partition coefficient (Wildman–Crippen LogP) is 1.51. The number of carbonyl (C=O) groups is 1. The third-order valence-corrected chi connectivity index (χ3v) is 5.20. The van der Waals surface area contributed by atoms with Gasteiger partial charge in [0.15, 0.2) is 0 Å². The molecule has 0 aromatic rings. The highest BCUT2D eigenvalue weighted by Gasteiger charge is 2.33. The Bertz CT molecular complexity index is 324. The van der Waals surface area contributed by atoms with Crippen LogP contribution in [0.5, 0.6) is 0 Å². The molecule has 1 aliphatic carbocycles. The van der Waals surface area contributed by atoms with Crippen LogP contribution < -0.4 is 10.6 Å².